The van der Waals surface area contributed by atoms with Crippen LogP contribution in [0.1, 0.15) is 87.8 Å². The van der Waals surface area contributed by atoms with Gasteiger partial charge in [0.25, 0.3) is 0 Å². The number of likely N-dealkylation sites (tertiary alicyclic amines) is 1. The number of aromatic nitrogens is 3. The van der Waals surface area contributed by atoms with E-state index in [2.05, 4.69) is 9.58 Å². The highest BCUT2D eigenvalue weighted by atomic mass is 15.4. The molecule has 0 radical (unpaired) electrons. The summed E-state index contributed by atoms with van der Waals surface area (Å²) in [6.45, 7) is 3.52. The molecule has 1 aromatic rings. The van der Waals surface area contributed by atoms with Crippen LogP contribution in [-0.4, -0.2) is 32.8 Å². The molecule has 2 aliphatic carbocycles. The van der Waals surface area contributed by atoms with Crippen molar-refractivity contribution in [3.05, 3.63) is 11.6 Å². The molecule has 1 aromatic heterocycles. The van der Waals surface area contributed by atoms with Crippen molar-refractivity contribution < 1.29 is 0 Å². The fourth-order valence-electron chi connectivity index (χ4n) is 3.93. The molecule has 2 heterocycles. The molecule has 116 valence electrons. The van der Waals surface area contributed by atoms with Gasteiger partial charge in [-0.2, -0.15) is 5.10 Å². The van der Waals surface area contributed by atoms with Gasteiger partial charge in [0.1, 0.15) is 5.82 Å². The number of rotatable bonds is 4. The summed E-state index contributed by atoms with van der Waals surface area (Å²) in [4.78, 5) is 7.54. The summed E-state index contributed by atoms with van der Waals surface area (Å²) < 4.78 is 2.33. The first-order chi connectivity index (χ1) is 10.4. The number of nitrogens with zero attached hydrogens (tertiary/aromatic N) is 4. The Balaban J connectivity index is 1.54. The Kier molecular flexibility index (Phi) is 3.97. The largest absolute Gasteiger partial charge is 0.296 e. The van der Waals surface area contributed by atoms with Gasteiger partial charge in [-0.25, -0.2) is 9.67 Å². The van der Waals surface area contributed by atoms with Gasteiger partial charge in [0.05, 0.1) is 12.6 Å². The van der Waals surface area contributed by atoms with Crippen molar-refractivity contribution in [3.8, 4) is 0 Å². The molecule has 0 aromatic carbocycles. The highest BCUT2D eigenvalue weighted by Gasteiger charge is 2.31. The zero-order chi connectivity index (χ0) is 14.1. The Hall–Kier alpha value is -0.900. The van der Waals surface area contributed by atoms with E-state index in [1.165, 1.54) is 83.1 Å². The zero-order valence-corrected chi connectivity index (χ0v) is 13.1. The molecule has 3 fully saturated rings. The lowest BCUT2D eigenvalue weighted by molar-refractivity contribution is 0.206. The molecular formula is C17H28N4. The molecule has 0 spiro atoms. The van der Waals surface area contributed by atoms with Crippen molar-refractivity contribution in [2.75, 3.05) is 13.1 Å². The minimum Gasteiger partial charge on any atom is -0.296 e. The molecule has 0 bridgehead atoms. The van der Waals surface area contributed by atoms with Crippen LogP contribution in [0.3, 0.4) is 0 Å². The monoisotopic (exact) mass is 288 g/mol. The van der Waals surface area contributed by atoms with E-state index in [-0.39, 0.29) is 0 Å². The summed E-state index contributed by atoms with van der Waals surface area (Å²) in [7, 11) is 0. The molecule has 0 N–H and O–H groups in total. The SMILES string of the molecule is C1CCC(n2nc(C3CC3)nc2CN2CCCCC2)CC1. The summed E-state index contributed by atoms with van der Waals surface area (Å²) in [6.07, 6.45) is 13.5. The second-order valence-electron chi connectivity index (χ2n) is 7.23. The fraction of sp³-hybridized carbons (Fsp3) is 0.882. The second-order valence-corrected chi connectivity index (χ2v) is 7.23. The first-order valence-electron chi connectivity index (χ1n) is 9.08. The standard InChI is InChI=1S/C17H28N4/c1-3-7-15(8-4-1)21-16(13-20-11-5-2-6-12-20)18-17(19-21)14-9-10-14/h14-15H,1-13H2. The first-order valence-corrected chi connectivity index (χ1v) is 9.08. The molecule has 4 rings (SSSR count). The van der Waals surface area contributed by atoms with E-state index < -0.39 is 0 Å². The minimum atomic E-state index is 0.624. The smallest absolute Gasteiger partial charge is 0.154 e. The minimum absolute atomic E-state index is 0.624. The lowest BCUT2D eigenvalue weighted by Gasteiger charge is -2.28. The van der Waals surface area contributed by atoms with Crippen LogP contribution in [0.25, 0.3) is 0 Å². The van der Waals surface area contributed by atoms with Crippen LogP contribution < -0.4 is 0 Å². The molecule has 2 saturated carbocycles. The molecule has 0 atom stereocenters. The number of hydrogen-bond donors (Lipinski definition) is 0. The Morgan fingerprint density at radius 1 is 0.857 bits per heavy atom. The molecule has 4 heteroatoms. The van der Waals surface area contributed by atoms with Crippen molar-refractivity contribution in [1.82, 2.24) is 19.7 Å². The number of piperidine rings is 1. The van der Waals surface area contributed by atoms with E-state index in [1.807, 2.05) is 0 Å². The third-order valence-corrected chi connectivity index (χ3v) is 5.40. The average Bonchev–Trinajstić information content (AvgIpc) is 3.31. The van der Waals surface area contributed by atoms with Crippen molar-refractivity contribution >= 4 is 0 Å². The van der Waals surface area contributed by atoms with Gasteiger partial charge < -0.3 is 0 Å². The summed E-state index contributed by atoms with van der Waals surface area (Å²) in [5.74, 6) is 3.08. The molecule has 3 aliphatic rings. The number of hydrogen-bond acceptors (Lipinski definition) is 3. The van der Waals surface area contributed by atoms with Gasteiger partial charge in [-0.15, -0.1) is 0 Å². The van der Waals surface area contributed by atoms with Crippen molar-refractivity contribution in [2.45, 2.75) is 82.7 Å². The molecular weight excluding hydrogens is 260 g/mol. The van der Waals surface area contributed by atoms with E-state index in [1.54, 1.807) is 0 Å². The quantitative estimate of drug-likeness (QED) is 0.848. The molecule has 0 unspecified atom stereocenters. The van der Waals surface area contributed by atoms with E-state index >= 15 is 0 Å². The normalized spacial score (nSPS) is 25.3. The average molecular weight is 288 g/mol. The van der Waals surface area contributed by atoms with Crippen LogP contribution in [0.15, 0.2) is 0 Å². The van der Waals surface area contributed by atoms with E-state index in [4.69, 9.17) is 10.1 Å². The van der Waals surface area contributed by atoms with Crippen LogP contribution >= 0.6 is 0 Å². The van der Waals surface area contributed by atoms with Gasteiger partial charge >= 0.3 is 0 Å². The summed E-state index contributed by atoms with van der Waals surface area (Å²) in [6, 6.07) is 0.624. The van der Waals surface area contributed by atoms with E-state index in [0.717, 1.165) is 12.4 Å². The highest BCUT2D eigenvalue weighted by molar-refractivity contribution is 5.07. The van der Waals surface area contributed by atoms with Crippen LogP contribution in [0.2, 0.25) is 0 Å². The van der Waals surface area contributed by atoms with Crippen molar-refractivity contribution in [1.29, 1.82) is 0 Å². The van der Waals surface area contributed by atoms with Gasteiger partial charge in [-0.05, 0) is 51.6 Å². The Morgan fingerprint density at radius 2 is 1.57 bits per heavy atom. The Labute approximate surface area is 127 Å². The van der Waals surface area contributed by atoms with Gasteiger partial charge in [-0.3, -0.25) is 4.90 Å². The molecule has 0 amide bonds. The molecule has 1 aliphatic heterocycles. The predicted octanol–water partition coefficient (Wildman–Crippen LogP) is 3.65. The van der Waals surface area contributed by atoms with Crippen molar-refractivity contribution in [2.24, 2.45) is 0 Å². The lowest BCUT2D eigenvalue weighted by atomic mass is 9.95. The van der Waals surface area contributed by atoms with Gasteiger partial charge in [0.15, 0.2) is 5.82 Å². The predicted molar refractivity (Wildman–Crippen MR) is 83.2 cm³/mol. The third-order valence-electron chi connectivity index (χ3n) is 5.40. The maximum atomic E-state index is 4.95. The Bertz CT molecular complexity index is 465. The third kappa shape index (κ3) is 3.15. The van der Waals surface area contributed by atoms with Crippen molar-refractivity contribution in [3.63, 3.8) is 0 Å². The highest BCUT2D eigenvalue weighted by Crippen LogP contribution is 2.39. The van der Waals surface area contributed by atoms with Crippen LogP contribution in [-0.2, 0) is 6.54 Å². The van der Waals surface area contributed by atoms with Gasteiger partial charge in [-0.1, -0.05) is 25.7 Å². The summed E-state index contributed by atoms with van der Waals surface area (Å²) in [5, 5.41) is 4.94. The zero-order valence-electron chi connectivity index (χ0n) is 13.1. The topological polar surface area (TPSA) is 34.0 Å². The molecule has 21 heavy (non-hydrogen) atoms. The summed E-state index contributed by atoms with van der Waals surface area (Å²) >= 11 is 0. The summed E-state index contributed by atoms with van der Waals surface area (Å²) in [5.41, 5.74) is 0. The fourth-order valence-corrected chi connectivity index (χ4v) is 3.93. The maximum Gasteiger partial charge on any atom is 0.154 e. The van der Waals surface area contributed by atoms with E-state index in [0.29, 0.717) is 12.0 Å². The van der Waals surface area contributed by atoms with Crippen LogP contribution in [0.5, 0.6) is 0 Å². The maximum absolute atomic E-state index is 4.95. The molecule has 1 saturated heterocycles. The van der Waals surface area contributed by atoms with Gasteiger partial charge in [0.2, 0.25) is 0 Å². The Morgan fingerprint density at radius 3 is 2.29 bits per heavy atom. The second kappa shape index (κ2) is 6.07. The molecule has 4 nitrogen and oxygen atoms in total. The lowest BCUT2D eigenvalue weighted by Crippen LogP contribution is -2.31. The van der Waals surface area contributed by atoms with Crippen LogP contribution in [0, 0.1) is 0 Å². The first kappa shape index (κ1) is 13.7. The van der Waals surface area contributed by atoms with Gasteiger partial charge in [0, 0.05) is 5.92 Å². The van der Waals surface area contributed by atoms with Crippen LogP contribution in [0.4, 0.5) is 0 Å². The van der Waals surface area contributed by atoms with E-state index in [9.17, 15) is 0 Å².